The summed E-state index contributed by atoms with van der Waals surface area (Å²) in [6, 6.07) is 2.07. The Hall–Kier alpha value is -1.45. The van der Waals surface area contributed by atoms with E-state index in [9.17, 15) is 0 Å². The maximum absolute atomic E-state index is 8.93. The average molecular weight is 281 g/mol. The predicted molar refractivity (Wildman–Crippen MR) is 76.6 cm³/mol. The van der Waals surface area contributed by atoms with Crippen LogP contribution in [0.3, 0.4) is 0 Å². The van der Waals surface area contributed by atoms with E-state index in [2.05, 4.69) is 11.4 Å². The minimum Gasteiger partial charge on any atom is -0.492 e. The zero-order valence-corrected chi connectivity index (χ0v) is 11.9. The summed E-state index contributed by atoms with van der Waals surface area (Å²) in [7, 11) is 1.56. The summed E-state index contributed by atoms with van der Waals surface area (Å²) in [6.07, 6.45) is 3.57. The van der Waals surface area contributed by atoms with Crippen molar-refractivity contribution < 1.29 is 9.47 Å². The van der Waals surface area contributed by atoms with E-state index in [0.29, 0.717) is 16.3 Å². The molecule has 3 N–H and O–H groups in total. The first-order chi connectivity index (χ1) is 9.26. The number of methoxy groups -OCH3 is 1. The summed E-state index contributed by atoms with van der Waals surface area (Å²) >= 11 is 1.33. The van der Waals surface area contributed by atoms with E-state index < -0.39 is 0 Å². The molecule has 19 heavy (non-hydrogen) atoms. The number of nitrogens with two attached hydrogens (primary N) is 1. The van der Waals surface area contributed by atoms with Crippen LogP contribution < -0.4 is 15.8 Å². The number of anilines is 2. The minimum absolute atomic E-state index is 0.419. The first kappa shape index (κ1) is 14.0. The predicted octanol–water partition coefficient (Wildman–Crippen LogP) is 2.44. The number of rotatable bonds is 8. The average Bonchev–Trinajstić information content (AvgIpc) is 3.18. The van der Waals surface area contributed by atoms with Crippen molar-refractivity contribution in [3.63, 3.8) is 0 Å². The summed E-state index contributed by atoms with van der Waals surface area (Å²) in [6.45, 7) is 2.44. The lowest BCUT2D eigenvalue weighted by Crippen LogP contribution is -2.06. The fourth-order valence-electron chi connectivity index (χ4n) is 1.74. The zero-order chi connectivity index (χ0) is 13.7. The number of hydrogen-bond acceptors (Lipinski definition) is 6. The molecular weight excluding hydrogens is 262 g/mol. The highest BCUT2D eigenvalue weighted by Gasteiger charge is 2.21. The molecule has 1 aliphatic rings. The van der Waals surface area contributed by atoms with Crippen LogP contribution in [0.2, 0.25) is 0 Å². The molecule has 0 aliphatic heterocycles. The standard InChI is InChI=1S/C13H19N3O2S/c1-17-12-11(15)10(7-14)19-13(12)16-5-2-6-18-8-9-3-4-9/h9,16H,2-6,8,15H2,1H3. The number of thiophene rings is 1. The molecule has 104 valence electrons. The van der Waals surface area contributed by atoms with Gasteiger partial charge in [-0.05, 0) is 25.2 Å². The molecule has 5 nitrogen and oxygen atoms in total. The Morgan fingerprint density at radius 2 is 2.32 bits per heavy atom. The largest absolute Gasteiger partial charge is 0.492 e. The summed E-state index contributed by atoms with van der Waals surface area (Å²) in [4.78, 5) is 0.490. The monoisotopic (exact) mass is 281 g/mol. The molecule has 1 heterocycles. The van der Waals surface area contributed by atoms with Crippen LogP contribution in [0.5, 0.6) is 5.75 Å². The number of nitrogens with zero attached hydrogens (tertiary/aromatic N) is 1. The van der Waals surface area contributed by atoms with Gasteiger partial charge in [-0.25, -0.2) is 0 Å². The van der Waals surface area contributed by atoms with Gasteiger partial charge in [0.25, 0.3) is 0 Å². The summed E-state index contributed by atoms with van der Waals surface area (Å²) in [5.74, 6) is 1.38. The van der Waals surface area contributed by atoms with Crippen molar-refractivity contribution in [1.82, 2.24) is 0 Å². The van der Waals surface area contributed by atoms with Crippen molar-refractivity contribution in [3.8, 4) is 11.8 Å². The van der Waals surface area contributed by atoms with E-state index in [4.69, 9.17) is 20.5 Å². The van der Waals surface area contributed by atoms with E-state index >= 15 is 0 Å². The van der Waals surface area contributed by atoms with Gasteiger partial charge in [0.2, 0.25) is 0 Å². The minimum atomic E-state index is 0.419. The lowest BCUT2D eigenvalue weighted by Gasteiger charge is -2.07. The highest BCUT2D eigenvalue weighted by Crippen LogP contribution is 2.41. The Morgan fingerprint density at radius 3 is 2.95 bits per heavy atom. The molecule has 0 radical (unpaired) electrons. The highest BCUT2D eigenvalue weighted by atomic mass is 32.1. The van der Waals surface area contributed by atoms with E-state index in [0.717, 1.165) is 37.1 Å². The Labute approximate surface area is 117 Å². The van der Waals surface area contributed by atoms with Crippen molar-refractivity contribution in [3.05, 3.63) is 4.88 Å². The van der Waals surface area contributed by atoms with Gasteiger partial charge in [0, 0.05) is 19.8 Å². The molecule has 0 saturated heterocycles. The number of nitrogens with one attached hydrogen (secondary N) is 1. The first-order valence-electron chi connectivity index (χ1n) is 6.44. The number of ether oxygens (including phenoxy) is 2. The van der Waals surface area contributed by atoms with Crippen molar-refractivity contribution in [2.45, 2.75) is 19.3 Å². The number of hydrogen-bond donors (Lipinski definition) is 2. The lowest BCUT2D eigenvalue weighted by molar-refractivity contribution is 0.124. The molecule has 0 spiro atoms. The first-order valence-corrected chi connectivity index (χ1v) is 7.26. The van der Waals surface area contributed by atoms with Crippen LogP contribution in [0.1, 0.15) is 24.1 Å². The van der Waals surface area contributed by atoms with Crippen molar-refractivity contribution >= 4 is 22.0 Å². The van der Waals surface area contributed by atoms with Crippen LogP contribution in [0.25, 0.3) is 0 Å². The Kier molecular flexibility index (Phi) is 4.88. The topological polar surface area (TPSA) is 80.3 Å². The summed E-state index contributed by atoms with van der Waals surface area (Å²) < 4.78 is 10.8. The van der Waals surface area contributed by atoms with Crippen LogP contribution in [-0.4, -0.2) is 26.9 Å². The molecule has 1 aromatic rings. The Balaban J connectivity index is 1.73. The van der Waals surface area contributed by atoms with Gasteiger partial charge in [0.15, 0.2) is 5.75 Å². The van der Waals surface area contributed by atoms with Gasteiger partial charge in [-0.3, -0.25) is 0 Å². The van der Waals surface area contributed by atoms with Crippen LogP contribution in [-0.2, 0) is 4.74 Å². The molecule has 0 bridgehead atoms. The third-order valence-corrected chi connectivity index (χ3v) is 4.06. The number of nitrogen functional groups attached to an aromatic ring is 1. The normalized spacial score (nSPS) is 14.1. The van der Waals surface area contributed by atoms with Crippen LogP contribution in [0.15, 0.2) is 0 Å². The van der Waals surface area contributed by atoms with Gasteiger partial charge < -0.3 is 20.5 Å². The van der Waals surface area contributed by atoms with E-state index in [1.165, 1.54) is 24.2 Å². The molecular formula is C13H19N3O2S. The van der Waals surface area contributed by atoms with E-state index in [-0.39, 0.29) is 0 Å². The van der Waals surface area contributed by atoms with E-state index in [1.807, 2.05) is 0 Å². The molecule has 0 aromatic carbocycles. The quantitative estimate of drug-likeness (QED) is 0.715. The molecule has 0 unspecified atom stereocenters. The molecule has 1 fully saturated rings. The molecule has 1 aromatic heterocycles. The fraction of sp³-hybridized carbons (Fsp3) is 0.615. The van der Waals surface area contributed by atoms with Crippen LogP contribution in [0.4, 0.5) is 10.7 Å². The van der Waals surface area contributed by atoms with Gasteiger partial charge in [-0.15, -0.1) is 11.3 Å². The maximum Gasteiger partial charge on any atom is 0.177 e. The Morgan fingerprint density at radius 1 is 1.53 bits per heavy atom. The molecule has 2 rings (SSSR count). The van der Waals surface area contributed by atoms with Gasteiger partial charge in [-0.2, -0.15) is 5.26 Å². The smallest absolute Gasteiger partial charge is 0.177 e. The van der Waals surface area contributed by atoms with Gasteiger partial charge >= 0.3 is 0 Å². The highest BCUT2D eigenvalue weighted by molar-refractivity contribution is 7.17. The van der Waals surface area contributed by atoms with Gasteiger partial charge in [0.05, 0.1) is 7.11 Å². The van der Waals surface area contributed by atoms with Gasteiger partial charge in [-0.1, -0.05) is 0 Å². The van der Waals surface area contributed by atoms with Crippen molar-refractivity contribution in [2.24, 2.45) is 5.92 Å². The second-order valence-corrected chi connectivity index (χ2v) is 5.64. The molecule has 6 heteroatoms. The second kappa shape index (κ2) is 6.64. The zero-order valence-electron chi connectivity index (χ0n) is 11.1. The third kappa shape index (κ3) is 3.75. The number of nitriles is 1. The molecule has 0 amide bonds. The second-order valence-electron chi connectivity index (χ2n) is 4.62. The molecule has 1 saturated carbocycles. The fourth-order valence-corrected chi connectivity index (χ4v) is 2.65. The van der Waals surface area contributed by atoms with Crippen LogP contribution in [0, 0.1) is 17.2 Å². The SMILES string of the molecule is COc1c(NCCCOCC2CC2)sc(C#N)c1N. The van der Waals surface area contributed by atoms with Gasteiger partial charge in [0.1, 0.15) is 21.6 Å². The third-order valence-electron chi connectivity index (χ3n) is 3.01. The molecule has 0 atom stereocenters. The summed E-state index contributed by atoms with van der Waals surface area (Å²) in [5, 5.41) is 13.0. The van der Waals surface area contributed by atoms with E-state index in [1.54, 1.807) is 7.11 Å². The van der Waals surface area contributed by atoms with Crippen LogP contribution >= 0.6 is 11.3 Å². The maximum atomic E-state index is 8.93. The van der Waals surface area contributed by atoms with Crippen molar-refractivity contribution in [1.29, 1.82) is 5.26 Å². The lowest BCUT2D eigenvalue weighted by atomic mass is 10.3. The Bertz CT molecular complexity index is 463. The van der Waals surface area contributed by atoms with Crippen molar-refractivity contribution in [2.75, 3.05) is 37.9 Å². The summed E-state index contributed by atoms with van der Waals surface area (Å²) in [5.41, 5.74) is 6.23. The molecule has 1 aliphatic carbocycles.